The molecule has 1 fully saturated rings. The van der Waals surface area contributed by atoms with Crippen molar-refractivity contribution < 1.29 is 4.79 Å². The molecule has 1 saturated heterocycles. The summed E-state index contributed by atoms with van der Waals surface area (Å²) in [7, 11) is 2.14. The summed E-state index contributed by atoms with van der Waals surface area (Å²) < 4.78 is 3.96. The first kappa shape index (κ1) is 13.1. The molecule has 18 heavy (non-hydrogen) atoms. The molecule has 0 radical (unpaired) electrons. The van der Waals surface area contributed by atoms with E-state index < -0.39 is 5.91 Å². The van der Waals surface area contributed by atoms with Gasteiger partial charge in [-0.2, -0.15) is 4.37 Å². The molecule has 2 rings (SSSR count). The maximum atomic E-state index is 11.3. The van der Waals surface area contributed by atoms with E-state index in [0.29, 0.717) is 16.5 Å². The van der Waals surface area contributed by atoms with Gasteiger partial charge in [-0.15, -0.1) is 0 Å². The Bertz CT molecular complexity index is 425. The summed E-state index contributed by atoms with van der Waals surface area (Å²) in [5.41, 5.74) is 11.2. The van der Waals surface area contributed by atoms with Crippen molar-refractivity contribution in [2.75, 3.05) is 37.7 Å². The predicted octanol–water partition coefficient (Wildman–Crippen LogP) is 0.578. The molecule has 1 aliphatic heterocycles. The third kappa shape index (κ3) is 2.91. The van der Waals surface area contributed by atoms with Gasteiger partial charge in [0.05, 0.1) is 0 Å². The number of nitrogens with two attached hydrogens (primary N) is 2. The van der Waals surface area contributed by atoms with Gasteiger partial charge in [0, 0.05) is 6.54 Å². The van der Waals surface area contributed by atoms with Crippen LogP contribution in [-0.2, 0) is 0 Å². The number of nitrogens with one attached hydrogen (secondary N) is 1. The molecule has 2 heterocycles. The lowest BCUT2D eigenvalue weighted by Crippen LogP contribution is -2.33. The number of amides is 1. The molecule has 1 aromatic rings. The first-order valence-electron chi connectivity index (χ1n) is 6.05. The molecule has 0 bridgehead atoms. The van der Waals surface area contributed by atoms with Crippen molar-refractivity contribution in [1.29, 1.82) is 0 Å². The van der Waals surface area contributed by atoms with Crippen molar-refractivity contribution in [2.24, 2.45) is 11.7 Å². The Labute approximate surface area is 110 Å². The quantitative estimate of drug-likeness (QED) is 0.743. The van der Waals surface area contributed by atoms with Crippen LogP contribution in [0.25, 0.3) is 0 Å². The SMILES string of the molecule is CN1CCC(CNc2snc(N)c2C(N)=O)CC1. The normalized spacial score (nSPS) is 17.8. The van der Waals surface area contributed by atoms with E-state index in [4.69, 9.17) is 11.5 Å². The van der Waals surface area contributed by atoms with Gasteiger partial charge in [-0.25, -0.2) is 0 Å². The predicted molar refractivity (Wildman–Crippen MR) is 73.8 cm³/mol. The molecule has 0 unspecified atom stereocenters. The number of nitrogen functional groups attached to an aromatic ring is 1. The molecule has 1 aromatic heterocycles. The molecule has 100 valence electrons. The Kier molecular flexibility index (Phi) is 4.03. The van der Waals surface area contributed by atoms with Gasteiger partial charge in [-0.05, 0) is 50.4 Å². The van der Waals surface area contributed by atoms with Crippen LogP contribution in [0.4, 0.5) is 10.8 Å². The number of nitrogens with zero attached hydrogens (tertiary/aromatic N) is 2. The highest BCUT2D eigenvalue weighted by molar-refractivity contribution is 7.11. The molecule has 0 aromatic carbocycles. The van der Waals surface area contributed by atoms with Gasteiger partial charge in [-0.3, -0.25) is 4.79 Å². The zero-order chi connectivity index (χ0) is 13.1. The summed E-state index contributed by atoms with van der Waals surface area (Å²) in [6.45, 7) is 3.09. The Morgan fingerprint density at radius 1 is 1.56 bits per heavy atom. The van der Waals surface area contributed by atoms with Crippen molar-refractivity contribution in [3.05, 3.63) is 5.56 Å². The zero-order valence-electron chi connectivity index (χ0n) is 10.5. The summed E-state index contributed by atoms with van der Waals surface area (Å²) in [6, 6.07) is 0. The fraction of sp³-hybridized carbons (Fsp3) is 0.636. The maximum absolute atomic E-state index is 11.3. The number of carbonyl (C=O) groups is 1. The first-order valence-corrected chi connectivity index (χ1v) is 6.82. The van der Waals surface area contributed by atoms with Gasteiger partial charge in [0.25, 0.3) is 5.91 Å². The molecular formula is C11H19N5OS. The highest BCUT2D eigenvalue weighted by atomic mass is 32.1. The molecule has 1 amide bonds. The third-order valence-electron chi connectivity index (χ3n) is 3.35. The summed E-state index contributed by atoms with van der Waals surface area (Å²) in [4.78, 5) is 13.6. The van der Waals surface area contributed by atoms with Crippen molar-refractivity contribution in [2.45, 2.75) is 12.8 Å². The number of rotatable bonds is 4. The van der Waals surface area contributed by atoms with E-state index in [1.54, 1.807) is 0 Å². The molecule has 5 N–H and O–H groups in total. The van der Waals surface area contributed by atoms with Crippen LogP contribution >= 0.6 is 11.5 Å². The molecule has 0 aliphatic carbocycles. The standard InChI is InChI=1S/C11H19N5OS/c1-16-4-2-7(3-5-16)6-14-11-8(10(13)17)9(12)15-18-11/h7,14H,2-6H2,1H3,(H2,12,15)(H2,13,17). The number of anilines is 2. The molecule has 6 nitrogen and oxygen atoms in total. The summed E-state index contributed by atoms with van der Waals surface area (Å²) in [5, 5.41) is 3.95. The Morgan fingerprint density at radius 2 is 2.22 bits per heavy atom. The largest absolute Gasteiger partial charge is 0.382 e. The van der Waals surface area contributed by atoms with E-state index in [1.165, 1.54) is 24.4 Å². The average molecular weight is 269 g/mol. The van der Waals surface area contributed by atoms with E-state index in [1.807, 2.05) is 0 Å². The lowest BCUT2D eigenvalue weighted by atomic mass is 9.97. The van der Waals surface area contributed by atoms with Crippen LogP contribution in [0.5, 0.6) is 0 Å². The van der Waals surface area contributed by atoms with E-state index >= 15 is 0 Å². The number of carbonyl (C=O) groups excluding carboxylic acids is 1. The van der Waals surface area contributed by atoms with Crippen molar-refractivity contribution in [1.82, 2.24) is 9.27 Å². The molecule has 0 spiro atoms. The van der Waals surface area contributed by atoms with Gasteiger partial charge < -0.3 is 21.7 Å². The topological polar surface area (TPSA) is 97.3 Å². The number of aromatic nitrogens is 1. The Morgan fingerprint density at radius 3 is 2.83 bits per heavy atom. The monoisotopic (exact) mass is 269 g/mol. The minimum absolute atomic E-state index is 0.221. The van der Waals surface area contributed by atoms with E-state index in [-0.39, 0.29) is 5.82 Å². The van der Waals surface area contributed by atoms with Crippen LogP contribution in [0, 0.1) is 5.92 Å². The van der Waals surface area contributed by atoms with Crippen LogP contribution in [0.15, 0.2) is 0 Å². The van der Waals surface area contributed by atoms with Crippen molar-refractivity contribution in [3.63, 3.8) is 0 Å². The average Bonchev–Trinajstić information content (AvgIpc) is 2.70. The summed E-state index contributed by atoms with van der Waals surface area (Å²) >= 11 is 1.20. The van der Waals surface area contributed by atoms with Crippen LogP contribution in [0.2, 0.25) is 0 Å². The smallest absolute Gasteiger partial charge is 0.255 e. The van der Waals surface area contributed by atoms with E-state index in [0.717, 1.165) is 19.6 Å². The van der Waals surface area contributed by atoms with Crippen molar-refractivity contribution in [3.8, 4) is 0 Å². The first-order chi connectivity index (χ1) is 8.58. The Hall–Kier alpha value is -1.34. The molecule has 1 aliphatic rings. The number of likely N-dealkylation sites (tertiary alicyclic amines) is 1. The summed E-state index contributed by atoms with van der Waals surface area (Å²) in [5.74, 6) is 0.329. The van der Waals surface area contributed by atoms with Crippen LogP contribution in [0.3, 0.4) is 0 Å². The minimum Gasteiger partial charge on any atom is -0.382 e. The van der Waals surface area contributed by atoms with Gasteiger partial charge in [0.1, 0.15) is 10.6 Å². The van der Waals surface area contributed by atoms with Crippen LogP contribution in [-0.4, -0.2) is 41.9 Å². The summed E-state index contributed by atoms with van der Waals surface area (Å²) in [6.07, 6.45) is 2.34. The van der Waals surface area contributed by atoms with Crippen LogP contribution in [0.1, 0.15) is 23.2 Å². The van der Waals surface area contributed by atoms with Crippen LogP contribution < -0.4 is 16.8 Å². The van der Waals surface area contributed by atoms with E-state index in [9.17, 15) is 4.79 Å². The minimum atomic E-state index is -0.521. The lowest BCUT2D eigenvalue weighted by Gasteiger charge is -2.29. The van der Waals surface area contributed by atoms with Gasteiger partial charge in [-0.1, -0.05) is 0 Å². The number of hydrogen-bond acceptors (Lipinski definition) is 6. The highest BCUT2D eigenvalue weighted by Gasteiger charge is 2.20. The van der Waals surface area contributed by atoms with Gasteiger partial charge in [0.15, 0.2) is 5.82 Å². The molecule has 0 saturated carbocycles. The fourth-order valence-electron chi connectivity index (χ4n) is 2.16. The lowest BCUT2D eigenvalue weighted by molar-refractivity contribution is 0.100. The molecule has 0 atom stereocenters. The number of primary amides is 1. The number of piperidine rings is 1. The highest BCUT2D eigenvalue weighted by Crippen LogP contribution is 2.27. The van der Waals surface area contributed by atoms with Crippen molar-refractivity contribution >= 4 is 28.3 Å². The fourth-order valence-corrected chi connectivity index (χ4v) is 2.89. The second-order valence-electron chi connectivity index (χ2n) is 4.76. The van der Waals surface area contributed by atoms with E-state index in [2.05, 4.69) is 21.6 Å². The molecule has 7 heteroatoms. The third-order valence-corrected chi connectivity index (χ3v) is 4.17. The Balaban J connectivity index is 1.92. The second-order valence-corrected chi connectivity index (χ2v) is 5.54. The van der Waals surface area contributed by atoms with Gasteiger partial charge >= 0.3 is 0 Å². The zero-order valence-corrected chi connectivity index (χ0v) is 11.3. The van der Waals surface area contributed by atoms with Gasteiger partial charge in [0.2, 0.25) is 0 Å². The maximum Gasteiger partial charge on any atom is 0.255 e. The second kappa shape index (κ2) is 5.53. The molecular weight excluding hydrogens is 250 g/mol. The number of hydrogen-bond donors (Lipinski definition) is 3.